The number of hydrogen-bond donors (Lipinski definition) is 2. The molecule has 1 saturated carbocycles. The molecule has 0 aromatic rings. The van der Waals surface area contributed by atoms with E-state index in [1.165, 1.54) is 24.8 Å². The quantitative estimate of drug-likeness (QED) is 0.700. The molecule has 0 amide bonds. The molecule has 0 aromatic heterocycles. The monoisotopic (exact) mass is 322 g/mol. The first-order chi connectivity index (χ1) is 10.7. The molecule has 0 radical (unpaired) electrons. The van der Waals surface area contributed by atoms with Gasteiger partial charge in [0.05, 0.1) is 6.61 Å². The summed E-state index contributed by atoms with van der Waals surface area (Å²) in [5.74, 6) is 0.812. The average molecular weight is 322 g/mol. The fourth-order valence-electron chi connectivity index (χ4n) is 5.40. The van der Waals surface area contributed by atoms with E-state index in [4.69, 9.17) is 5.11 Å². The number of aliphatic hydroxyl groups excluding tert-OH is 1. The number of hydrogen-bond acceptors (Lipinski definition) is 2. The first-order valence-corrected chi connectivity index (χ1v) is 9.26. The zero-order valence-electron chi connectivity index (χ0n) is 15.3. The van der Waals surface area contributed by atoms with Gasteiger partial charge in [-0.25, -0.2) is 0 Å². The molecule has 0 aliphatic heterocycles. The molecule has 0 bridgehead atoms. The first kappa shape index (κ1) is 18.5. The lowest BCUT2D eigenvalue weighted by Gasteiger charge is -2.58. The van der Waals surface area contributed by atoms with Crippen molar-refractivity contribution in [1.29, 1.82) is 0 Å². The van der Waals surface area contributed by atoms with Crippen LogP contribution in [0.25, 0.3) is 0 Å². The van der Waals surface area contributed by atoms with Gasteiger partial charge in [0.15, 0.2) is 0 Å². The molecule has 3 nitrogen and oxygen atoms in total. The van der Waals surface area contributed by atoms with Gasteiger partial charge < -0.3 is 10.2 Å². The second-order valence-corrected chi connectivity index (χ2v) is 8.62. The molecule has 5 atom stereocenters. The standard InChI is InChI=1S/C20H34O3/c1-14(12-18(22)23)8-10-19(3)15(2)9-11-20(4)16(13-21)6-5-7-17(19)20/h6,14-15,17,21H,5,7-13H2,1-4H3,(H,22,23)/t14?,15-,17?,19+,20+/m1/s1. The average Bonchev–Trinajstić information content (AvgIpc) is 2.48. The van der Waals surface area contributed by atoms with Crippen LogP contribution >= 0.6 is 0 Å². The van der Waals surface area contributed by atoms with E-state index in [0.29, 0.717) is 11.8 Å². The number of carboxylic acid groups (broad SMARTS) is 1. The Morgan fingerprint density at radius 1 is 1.39 bits per heavy atom. The topological polar surface area (TPSA) is 57.5 Å². The molecule has 132 valence electrons. The summed E-state index contributed by atoms with van der Waals surface area (Å²) in [4.78, 5) is 10.9. The Hall–Kier alpha value is -0.830. The normalized spacial score (nSPS) is 38.6. The largest absolute Gasteiger partial charge is 0.481 e. The van der Waals surface area contributed by atoms with Crippen LogP contribution in [-0.4, -0.2) is 22.8 Å². The van der Waals surface area contributed by atoms with Gasteiger partial charge in [0.25, 0.3) is 0 Å². The smallest absolute Gasteiger partial charge is 0.303 e. The molecule has 23 heavy (non-hydrogen) atoms. The number of carbonyl (C=O) groups is 1. The summed E-state index contributed by atoms with van der Waals surface area (Å²) < 4.78 is 0. The van der Waals surface area contributed by atoms with Gasteiger partial charge >= 0.3 is 5.97 Å². The second kappa shape index (κ2) is 6.96. The maximum absolute atomic E-state index is 10.9. The minimum atomic E-state index is -0.688. The van der Waals surface area contributed by atoms with Gasteiger partial charge in [0.2, 0.25) is 0 Å². The van der Waals surface area contributed by atoms with Crippen molar-refractivity contribution in [3.05, 3.63) is 11.6 Å². The van der Waals surface area contributed by atoms with Gasteiger partial charge in [-0.2, -0.15) is 0 Å². The lowest BCUT2D eigenvalue weighted by molar-refractivity contribution is -0.138. The Morgan fingerprint density at radius 2 is 2.09 bits per heavy atom. The third-order valence-electron chi connectivity index (χ3n) is 7.24. The predicted octanol–water partition coefficient (Wildman–Crippen LogP) is 4.65. The van der Waals surface area contributed by atoms with Crippen LogP contribution in [0.5, 0.6) is 0 Å². The van der Waals surface area contributed by atoms with Crippen LogP contribution in [0.1, 0.15) is 72.6 Å². The van der Waals surface area contributed by atoms with Gasteiger partial charge in [-0.1, -0.05) is 33.8 Å². The van der Waals surface area contributed by atoms with E-state index in [1.54, 1.807) is 0 Å². The molecule has 2 aliphatic rings. The number of aliphatic carboxylic acids is 1. The van der Waals surface area contributed by atoms with Crippen LogP contribution < -0.4 is 0 Å². The van der Waals surface area contributed by atoms with Crippen LogP contribution in [0, 0.1) is 28.6 Å². The Kier molecular flexibility index (Phi) is 5.60. The Labute approximate surface area is 141 Å². The summed E-state index contributed by atoms with van der Waals surface area (Å²) in [6.07, 6.45) is 9.27. The number of fused-ring (bicyclic) bond motifs is 1. The van der Waals surface area contributed by atoms with Crippen molar-refractivity contribution in [2.75, 3.05) is 6.61 Å². The summed E-state index contributed by atoms with van der Waals surface area (Å²) in [5.41, 5.74) is 1.61. The molecule has 0 aromatic carbocycles. The molecule has 0 heterocycles. The van der Waals surface area contributed by atoms with E-state index in [1.807, 2.05) is 0 Å². The number of rotatable bonds is 6. The fraction of sp³-hybridized carbons (Fsp3) is 0.850. The summed E-state index contributed by atoms with van der Waals surface area (Å²) in [6.45, 7) is 9.40. The summed E-state index contributed by atoms with van der Waals surface area (Å²) in [7, 11) is 0. The summed E-state index contributed by atoms with van der Waals surface area (Å²) >= 11 is 0. The fourth-order valence-corrected chi connectivity index (χ4v) is 5.40. The third kappa shape index (κ3) is 3.50. The van der Waals surface area contributed by atoms with Crippen LogP contribution in [0.3, 0.4) is 0 Å². The second-order valence-electron chi connectivity index (χ2n) is 8.62. The third-order valence-corrected chi connectivity index (χ3v) is 7.24. The van der Waals surface area contributed by atoms with Gasteiger partial charge in [-0.05, 0) is 72.7 Å². The number of allylic oxidation sites excluding steroid dienone is 1. The van der Waals surface area contributed by atoms with E-state index >= 15 is 0 Å². The zero-order valence-corrected chi connectivity index (χ0v) is 15.3. The maximum Gasteiger partial charge on any atom is 0.303 e. The predicted molar refractivity (Wildman–Crippen MR) is 93.2 cm³/mol. The van der Waals surface area contributed by atoms with Crippen molar-refractivity contribution in [1.82, 2.24) is 0 Å². The SMILES string of the molecule is CC(CC[C@]1(C)C2CCC=C(CO)[C@]2(C)CC[C@H]1C)CC(=O)O. The molecular formula is C20H34O3. The summed E-state index contributed by atoms with van der Waals surface area (Å²) in [6, 6.07) is 0. The molecule has 2 rings (SSSR count). The van der Waals surface area contributed by atoms with Gasteiger partial charge in [0.1, 0.15) is 0 Å². The van der Waals surface area contributed by atoms with Crippen LogP contribution in [-0.2, 0) is 4.79 Å². The van der Waals surface area contributed by atoms with Crippen LogP contribution in [0.2, 0.25) is 0 Å². The zero-order chi connectivity index (χ0) is 17.3. The van der Waals surface area contributed by atoms with E-state index in [2.05, 4.69) is 33.8 Å². The molecule has 2 aliphatic carbocycles. The lowest BCUT2D eigenvalue weighted by Crippen LogP contribution is -2.50. The minimum Gasteiger partial charge on any atom is -0.481 e. The highest BCUT2D eigenvalue weighted by Crippen LogP contribution is 2.61. The molecule has 2 unspecified atom stereocenters. The summed E-state index contributed by atoms with van der Waals surface area (Å²) in [5, 5.41) is 18.8. The van der Waals surface area contributed by atoms with Crippen molar-refractivity contribution >= 4 is 5.97 Å². The van der Waals surface area contributed by atoms with Crippen molar-refractivity contribution < 1.29 is 15.0 Å². The molecule has 3 heteroatoms. The van der Waals surface area contributed by atoms with Gasteiger partial charge in [0, 0.05) is 6.42 Å². The first-order valence-electron chi connectivity index (χ1n) is 9.26. The lowest BCUT2D eigenvalue weighted by atomic mass is 9.46. The maximum atomic E-state index is 10.9. The molecule has 0 saturated heterocycles. The van der Waals surface area contributed by atoms with Crippen LogP contribution in [0.15, 0.2) is 11.6 Å². The van der Waals surface area contributed by atoms with Crippen molar-refractivity contribution in [3.63, 3.8) is 0 Å². The van der Waals surface area contributed by atoms with Crippen molar-refractivity contribution in [3.8, 4) is 0 Å². The highest BCUT2D eigenvalue weighted by molar-refractivity contribution is 5.66. The Balaban J connectivity index is 2.18. The molecule has 2 N–H and O–H groups in total. The van der Waals surface area contributed by atoms with Gasteiger partial charge in [-0.3, -0.25) is 4.79 Å². The highest BCUT2D eigenvalue weighted by Gasteiger charge is 2.53. The van der Waals surface area contributed by atoms with E-state index in [9.17, 15) is 9.90 Å². The van der Waals surface area contributed by atoms with Crippen molar-refractivity contribution in [2.24, 2.45) is 28.6 Å². The highest BCUT2D eigenvalue weighted by atomic mass is 16.4. The number of aliphatic hydroxyl groups is 1. The molecule has 1 fully saturated rings. The van der Waals surface area contributed by atoms with Crippen LogP contribution in [0.4, 0.5) is 0 Å². The van der Waals surface area contributed by atoms with Gasteiger partial charge in [-0.15, -0.1) is 0 Å². The van der Waals surface area contributed by atoms with E-state index in [0.717, 1.165) is 19.3 Å². The molecule has 0 spiro atoms. The van der Waals surface area contributed by atoms with Crippen molar-refractivity contribution in [2.45, 2.75) is 72.6 Å². The Bertz CT molecular complexity index is 470. The Morgan fingerprint density at radius 3 is 2.70 bits per heavy atom. The minimum absolute atomic E-state index is 0.129. The van der Waals surface area contributed by atoms with E-state index in [-0.39, 0.29) is 29.8 Å². The molecular weight excluding hydrogens is 288 g/mol. The number of carboxylic acids is 1. The van der Waals surface area contributed by atoms with E-state index < -0.39 is 5.97 Å².